The molecule has 0 fully saturated rings. The molecular weight excluding hydrogens is 356 g/mol. The van der Waals surface area contributed by atoms with Gasteiger partial charge in [-0.25, -0.2) is 0 Å². The van der Waals surface area contributed by atoms with Crippen LogP contribution >= 0.6 is 0 Å². The molecule has 0 spiro atoms. The number of amides is 2. The largest absolute Gasteiger partial charge is 0.494 e. The van der Waals surface area contributed by atoms with E-state index in [-0.39, 0.29) is 30.1 Å². The van der Waals surface area contributed by atoms with Gasteiger partial charge in [0.2, 0.25) is 5.91 Å². The van der Waals surface area contributed by atoms with Gasteiger partial charge in [0, 0.05) is 18.0 Å². The minimum atomic E-state index is -0.219. The number of anilines is 1. The number of ketones is 1. The van der Waals surface area contributed by atoms with Gasteiger partial charge < -0.3 is 15.4 Å². The van der Waals surface area contributed by atoms with Crippen molar-refractivity contribution in [1.29, 1.82) is 0 Å². The monoisotopic (exact) mass is 382 g/mol. The van der Waals surface area contributed by atoms with E-state index in [9.17, 15) is 14.4 Å². The standard InChI is InChI=1S/C22H26N2O4/c1-15(2)23-22(27)19-7-4-5-8-20(19)24-21(26)9-6-14-28-18-12-10-17(11-13-18)16(3)25/h4-5,7-8,10-13,15H,6,9,14H2,1-3H3,(H,23,27)(H,24,26). The third kappa shape index (κ3) is 6.54. The molecule has 0 radical (unpaired) electrons. The van der Waals surface area contributed by atoms with Gasteiger partial charge in [-0.15, -0.1) is 0 Å². The molecule has 148 valence electrons. The number of hydrogen-bond donors (Lipinski definition) is 2. The first-order chi connectivity index (χ1) is 13.4. The summed E-state index contributed by atoms with van der Waals surface area (Å²) in [5, 5.41) is 5.61. The predicted molar refractivity (Wildman–Crippen MR) is 109 cm³/mol. The number of benzene rings is 2. The highest BCUT2D eigenvalue weighted by Gasteiger charge is 2.13. The molecule has 0 heterocycles. The number of rotatable bonds is 9. The van der Waals surface area contributed by atoms with Crippen molar-refractivity contribution in [1.82, 2.24) is 5.32 Å². The van der Waals surface area contributed by atoms with Crippen molar-refractivity contribution in [3.8, 4) is 5.75 Å². The number of carbonyl (C=O) groups is 3. The number of nitrogens with one attached hydrogen (secondary N) is 2. The van der Waals surface area contributed by atoms with E-state index in [1.165, 1.54) is 6.92 Å². The van der Waals surface area contributed by atoms with Crippen molar-refractivity contribution in [2.75, 3.05) is 11.9 Å². The Bertz CT molecular complexity index is 829. The molecule has 0 atom stereocenters. The van der Waals surface area contributed by atoms with Gasteiger partial charge >= 0.3 is 0 Å². The molecule has 0 aliphatic rings. The van der Waals surface area contributed by atoms with Gasteiger partial charge in [-0.2, -0.15) is 0 Å². The van der Waals surface area contributed by atoms with Crippen molar-refractivity contribution in [2.45, 2.75) is 39.7 Å². The summed E-state index contributed by atoms with van der Waals surface area (Å²) in [6, 6.07) is 13.8. The summed E-state index contributed by atoms with van der Waals surface area (Å²) in [7, 11) is 0. The van der Waals surface area contributed by atoms with Gasteiger partial charge in [-0.3, -0.25) is 14.4 Å². The number of ether oxygens (including phenoxy) is 1. The fourth-order valence-corrected chi connectivity index (χ4v) is 2.55. The first kappa shape index (κ1) is 21.2. The smallest absolute Gasteiger partial charge is 0.253 e. The van der Waals surface area contributed by atoms with E-state index in [1.54, 1.807) is 48.5 Å². The van der Waals surface area contributed by atoms with Crippen LogP contribution in [0.1, 0.15) is 54.3 Å². The first-order valence-corrected chi connectivity index (χ1v) is 9.30. The van der Waals surface area contributed by atoms with E-state index < -0.39 is 0 Å². The maximum absolute atomic E-state index is 12.2. The molecule has 2 rings (SSSR count). The zero-order chi connectivity index (χ0) is 20.5. The lowest BCUT2D eigenvalue weighted by Gasteiger charge is -2.13. The topological polar surface area (TPSA) is 84.5 Å². The van der Waals surface area contributed by atoms with E-state index in [2.05, 4.69) is 10.6 Å². The second-order valence-corrected chi connectivity index (χ2v) is 6.75. The Kier molecular flexibility index (Phi) is 7.75. The van der Waals surface area contributed by atoms with Crippen LogP contribution in [0.2, 0.25) is 0 Å². The van der Waals surface area contributed by atoms with Crippen LogP contribution in [-0.4, -0.2) is 30.2 Å². The molecule has 0 aliphatic carbocycles. The maximum atomic E-state index is 12.2. The number of carbonyl (C=O) groups excluding carboxylic acids is 3. The third-order valence-electron chi connectivity index (χ3n) is 3.94. The predicted octanol–water partition coefficient (Wildman–Crippen LogP) is 3.83. The van der Waals surface area contributed by atoms with Crippen LogP contribution < -0.4 is 15.4 Å². The Labute approximate surface area is 165 Å². The van der Waals surface area contributed by atoms with Crippen LogP contribution in [0.15, 0.2) is 48.5 Å². The molecule has 2 aromatic rings. The zero-order valence-electron chi connectivity index (χ0n) is 16.5. The second-order valence-electron chi connectivity index (χ2n) is 6.75. The van der Waals surface area contributed by atoms with Crippen LogP contribution in [0, 0.1) is 0 Å². The van der Waals surface area contributed by atoms with Gasteiger partial charge in [0.1, 0.15) is 5.75 Å². The minimum Gasteiger partial charge on any atom is -0.494 e. The molecular formula is C22H26N2O4. The molecule has 6 nitrogen and oxygen atoms in total. The molecule has 6 heteroatoms. The van der Waals surface area contributed by atoms with Gasteiger partial charge in [0.15, 0.2) is 5.78 Å². The van der Waals surface area contributed by atoms with Crippen LogP contribution in [0.5, 0.6) is 5.75 Å². The fourth-order valence-electron chi connectivity index (χ4n) is 2.55. The van der Waals surface area contributed by atoms with Crippen LogP contribution in [0.4, 0.5) is 5.69 Å². The van der Waals surface area contributed by atoms with Crippen molar-refractivity contribution >= 4 is 23.3 Å². The van der Waals surface area contributed by atoms with Crippen LogP contribution in [0.3, 0.4) is 0 Å². The lowest BCUT2D eigenvalue weighted by Crippen LogP contribution is -2.31. The Morgan fingerprint density at radius 3 is 2.32 bits per heavy atom. The number of hydrogen-bond acceptors (Lipinski definition) is 4. The summed E-state index contributed by atoms with van der Waals surface area (Å²) in [5.74, 6) is 0.259. The molecule has 2 amide bonds. The lowest BCUT2D eigenvalue weighted by atomic mass is 10.1. The average Bonchev–Trinajstić information content (AvgIpc) is 2.65. The van der Waals surface area contributed by atoms with Crippen molar-refractivity contribution in [3.63, 3.8) is 0 Å². The minimum absolute atomic E-state index is 0.00516. The summed E-state index contributed by atoms with van der Waals surface area (Å²) in [6.45, 7) is 5.65. The summed E-state index contributed by atoms with van der Waals surface area (Å²) in [6.07, 6.45) is 0.798. The highest BCUT2D eigenvalue weighted by Crippen LogP contribution is 2.16. The van der Waals surface area contributed by atoms with Gasteiger partial charge in [-0.1, -0.05) is 12.1 Å². The Hall–Kier alpha value is -3.15. The molecule has 28 heavy (non-hydrogen) atoms. The summed E-state index contributed by atoms with van der Waals surface area (Å²) in [4.78, 5) is 35.7. The third-order valence-corrected chi connectivity index (χ3v) is 3.94. The molecule has 2 N–H and O–H groups in total. The molecule has 0 saturated carbocycles. The van der Waals surface area contributed by atoms with E-state index >= 15 is 0 Å². The van der Waals surface area contributed by atoms with Gasteiger partial charge in [0.25, 0.3) is 5.91 Å². The summed E-state index contributed by atoms with van der Waals surface area (Å²) < 4.78 is 5.59. The van der Waals surface area contributed by atoms with Crippen molar-refractivity contribution in [2.24, 2.45) is 0 Å². The normalized spacial score (nSPS) is 10.4. The van der Waals surface area contributed by atoms with Crippen molar-refractivity contribution < 1.29 is 19.1 Å². The van der Waals surface area contributed by atoms with Crippen molar-refractivity contribution in [3.05, 3.63) is 59.7 Å². The zero-order valence-corrected chi connectivity index (χ0v) is 16.5. The SMILES string of the molecule is CC(=O)c1ccc(OCCCC(=O)Nc2ccccc2C(=O)NC(C)C)cc1. The Morgan fingerprint density at radius 2 is 1.68 bits per heavy atom. The van der Waals surface area contributed by atoms with Gasteiger partial charge in [0.05, 0.1) is 17.9 Å². The second kappa shape index (κ2) is 10.3. The quantitative estimate of drug-likeness (QED) is 0.510. The molecule has 0 aromatic heterocycles. The Balaban J connectivity index is 1.81. The van der Waals surface area contributed by atoms with E-state index in [0.717, 1.165) is 0 Å². The Morgan fingerprint density at radius 1 is 1.00 bits per heavy atom. The lowest BCUT2D eigenvalue weighted by molar-refractivity contribution is -0.116. The summed E-state index contributed by atoms with van der Waals surface area (Å²) >= 11 is 0. The fraction of sp³-hybridized carbons (Fsp3) is 0.318. The van der Waals surface area contributed by atoms with E-state index in [1.807, 2.05) is 13.8 Å². The average molecular weight is 382 g/mol. The highest BCUT2D eigenvalue weighted by molar-refractivity contribution is 6.03. The number of Topliss-reactive ketones (excluding diaryl/α,β-unsaturated/α-hetero) is 1. The van der Waals surface area contributed by atoms with E-state index in [4.69, 9.17) is 4.74 Å². The maximum Gasteiger partial charge on any atom is 0.253 e. The molecule has 0 saturated heterocycles. The van der Waals surface area contributed by atoms with Crippen LogP contribution in [0.25, 0.3) is 0 Å². The molecule has 2 aromatic carbocycles. The van der Waals surface area contributed by atoms with Crippen LogP contribution in [-0.2, 0) is 4.79 Å². The molecule has 0 aliphatic heterocycles. The molecule has 0 bridgehead atoms. The highest BCUT2D eigenvalue weighted by atomic mass is 16.5. The number of para-hydroxylation sites is 1. The molecule has 0 unspecified atom stereocenters. The van der Waals surface area contributed by atoms with E-state index in [0.29, 0.717) is 35.6 Å². The van der Waals surface area contributed by atoms with Gasteiger partial charge in [-0.05, 0) is 63.6 Å². The summed E-state index contributed by atoms with van der Waals surface area (Å²) in [5.41, 5.74) is 1.56. The first-order valence-electron chi connectivity index (χ1n) is 9.30.